The van der Waals surface area contributed by atoms with Crippen molar-refractivity contribution in [3.8, 4) is 0 Å². The van der Waals surface area contributed by atoms with E-state index in [4.69, 9.17) is 38.9 Å². The van der Waals surface area contributed by atoms with Gasteiger partial charge in [0.25, 0.3) is 10.0 Å². The molecule has 0 bridgehead atoms. The molecule has 0 spiro atoms. The number of nitrogens with zero attached hydrogens (tertiary/aromatic N) is 2. The van der Waals surface area contributed by atoms with Crippen LogP contribution in [0, 0.1) is 0 Å². The fourth-order valence-electron chi connectivity index (χ4n) is 3.22. The first-order chi connectivity index (χ1) is 16.1. The minimum atomic E-state index is -4.23. The third-order valence-electron chi connectivity index (χ3n) is 4.97. The second-order valence-electron chi connectivity index (χ2n) is 7.42. The van der Waals surface area contributed by atoms with E-state index in [0.29, 0.717) is 17.4 Å². The SMILES string of the molecule is CCCCOC(=O)CN(c1ccc2cc(C(N)=NO)ccc2c1)S(=O)(=O)c1cc(Cl)cc(Cl)c1. The Morgan fingerprint density at radius 3 is 2.35 bits per heavy atom. The Labute approximate surface area is 207 Å². The summed E-state index contributed by atoms with van der Waals surface area (Å²) < 4.78 is 33.3. The molecule has 34 heavy (non-hydrogen) atoms. The number of ether oxygens (including phenoxy) is 1. The maximum atomic E-state index is 13.6. The van der Waals surface area contributed by atoms with Gasteiger partial charge in [0.15, 0.2) is 5.84 Å². The van der Waals surface area contributed by atoms with Gasteiger partial charge in [0.2, 0.25) is 0 Å². The van der Waals surface area contributed by atoms with E-state index in [0.717, 1.165) is 16.1 Å². The molecule has 8 nitrogen and oxygen atoms in total. The number of anilines is 1. The number of rotatable bonds is 9. The zero-order valence-corrected chi connectivity index (χ0v) is 20.6. The third kappa shape index (κ3) is 5.91. The normalized spacial score (nSPS) is 12.0. The summed E-state index contributed by atoms with van der Waals surface area (Å²) in [5.74, 6) is -0.740. The van der Waals surface area contributed by atoms with Crippen molar-refractivity contribution >= 4 is 61.5 Å². The van der Waals surface area contributed by atoms with E-state index in [1.165, 1.54) is 18.2 Å². The lowest BCUT2D eigenvalue weighted by Gasteiger charge is -2.24. The van der Waals surface area contributed by atoms with E-state index in [-0.39, 0.29) is 33.1 Å². The standard InChI is InChI=1S/C23H23Cl2N3O5S/c1-2-3-8-33-22(29)14-28(34(31,32)21-12-18(24)11-19(25)13-21)20-7-6-15-9-17(23(26)27-30)5-4-16(15)10-20/h4-7,9-13,30H,2-3,8,14H2,1H3,(H2,26,27). The summed E-state index contributed by atoms with van der Waals surface area (Å²) in [5.41, 5.74) is 6.40. The van der Waals surface area contributed by atoms with Crippen molar-refractivity contribution in [2.45, 2.75) is 24.7 Å². The van der Waals surface area contributed by atoms with Crippen molar-refractivity contribution in [1.82, 2.24) is 0 Å². The molecule has 180 valence electrons. The van der Waals surface area contributed by atoms with Crippen LogP contribution in [0.15, 0.2) is 64.6 Å². The van der Waals surface area contributed by atoms with Gasteiger partial charge in [0.05, 0.1) is 17.2 Å². The number of sulfonamides is 1. The van der Waals surface area contributed by atoms with Gasteiger partial charge in [-0.05, 0) is 53.6 Å². The molecule has 0 unspecified atom stereocenters. The lowest BCUT2D eigenvalue weighted by atomic mass is 10.1. The summed E-state index contributed by atoms with van der Waals surface area (Å²) in [6.07, 6.45) is 1.50. The number of oxime groups is 1. The van der Waals surface area contributed by atoms with Crippen LogP contribution in [0.2, 0.25) is 10.0 Å². The number of esters is 1. The van der Waals surface area contributed by atoms with Crippen molar-refractivity contribution < 1.29 is 23.2 Å². The van der Waals surface area contributed by atoms with E-state index in [9.17, 15) is 13.2 Å². The van der Waals surface area contributed by atoms with Crippen LogP contribution < -0.4 is 10.0 Å². The molecule has 0 heterocycles. The lowest BCUT2D eigenvalue weighted by Crippen LogP contribution is -2.36. The second kappa shape index (κ2) is 10.9. The Kier molecular flexibility index (Phi) is 8.24. The Bertz CT molecular complexity index is 1330. The molecule has 0 aromatic heterocycles. The highest BCUT2D eigenvalue weighted by Gasteiger charge is 2.29. The maximum absolute atomic E-state index is 13.6. The number of hydrogen-bond donors (Lipinski definition) is 2. The van der Waals surface area contributed by atoms with Crippen molar-refractivity contribution in [3.05, 3.63) is 70.2 Å². The fraction of sp³-hybridized carbons (Fsp3) is 0.217. The zero-order chi connectivity index (χ0) is 24.9. The second-order valence-corrected chi connectivity index (χ2v) is 10.2. The first-order valence-electron chi connectivity index (χ1n) is 10.3. The number of halogens is 2. The molecule has 3 N–H and O–H groups in total. The number of carbonyl (C=O) groups is 1. The van der Waals surface area contributed by atoms with Gasteiger partial charge in [0, 0.05) is 15.6 Å². The molecule has 0 saturated heterocycles. The van der Waals surface area contributed by atoms with Crippen LogP contribution in [0.25, 0.3) is 10.8 Å². The summed E-state index contributed by atoms with van der Waals surface area (Å²) in [6.45, 7) is 1.61. The summed E-state index contributed by atoms with van der Waals surface area (Å²) in [5, 5.41) is 13.6. The molecule has 0 aliphatic rings. The third-order valence-corrected chi connectivity index (χ3v) is 7.16. The molecule has 3 aromatic rings. The van der Waals surface area contributed by atoms with E-state index in [2.05, 4.69) is 5.16 Å². The minimum Gasteiger partial charge on any atom is -0.464 e. The molecule has 11 heteroatoms. The highest BCUT2D eigenvalue weighted by Crippen LogP contribution is 2.30. The summed E-state index contributed by atoms with van der Waals surface area (Å²) >= 11 is 12.1. The number of amidine groups is 1. The van der Waals surface area contributed by atoms with Gasteiger partial charge in [-0.15, -0.1) is 0 Å². The summed E-state index contributed by atoms with van der Waals surface area (Å²) in [7, 11) is -4.23. The predicted octanol–water partition coefficient (Wildman–Crippen LogP) is 4.78. The van der Waals surface area contributed by atoms with Crippen molar-refractivity contribution in [1.29, 1.82) is 0 Å². The van der Waals surface area contributed by atoms with Crippen LogP contribution in [0.1, 0.15) is 25.3 Å². The molecule has 0 fully saturated rings. The molecular formula is C23H23Cl2N3O5S. The lowest BCUT2D eigenvalue weighted by molar-refractivity contribution is -0.141. The average Bonchev–Trinajstić information content (AvgIpc) is 2.80. The first kappa shape index (κ1) is 25.6. The molecule has 0 radical (unpaired) electrons. The Balaban J connectivity index is 2.07. The molecule has 3 rings (SSSR count). The number of fused-ring (bicyclic) bond motifs is 1. The highest BCUT2D eigenvalue weighted by atomic mass is 35.5. The number of unbranched alkanes of at least 4 members (excludes halogenated alkanes) is 1. The van der Waals surface area contributed by atoms with Crippen molar-refractivity contribution in [2.24, 2.45) is 10.9 Å². The molecule has 0 atom stereocenters. The van der Waals surface area contributed by atoms with Gasteiger partial charge in [-0.3, -0.25) is 9.10 Å². The van der Waals surface area contributed by atoms with Gasteiger partial charge in [-0.25, -0.2) is 8.42 Å². The fourth-order valence-corrected chi connectivity index (χ4v) is 5.35. The van der Waals surface area contributed by atoms with Gasteiger partial charge >= 0.3 is 5.97 Å². The predicted molar refractivity (Wildman–Crippen MR) is 133 cm³/mol. The monoisotopic (exact) mass is 523 g/mol. The van der Waals surface area contributed by atoms with Crippen LogP contribution in [0.4, 0.5) is 5.69 Å². The topological polar surface area (TPSA) is 122 Å². The maximum Gasteiger partial charge on any atom is 0.326 e. The number of hydrogen-bond acceptors (Lipinski definition) is 6. The Morgan fingerprint density at radius 2 is 1.71 bits per heavy atom. The highest BCUT2D eigenvalue weighted by molar-refractivity contribution is 7.92. The van der Waals surface area contributed by atoms with Crippen LogP contribution in [-0.2, 0) is 19.6 Å². The van der Waals surface area contributed by atoms with E-state index < -0.39 is 22.5 Å². The summed E-state index contributed by atoms with van der Waals surface area (Å²) in [4.78, 5) is 12.3. The van der Waals surface area contributed by atoms with Gasteiger partial charge in [-0.1, -0.05) is 59.9 Å². The molecule has 0 amide bonds. The summed E-state index contributed by atoms with van der Waals surface area (Å²) in [6, 6.07) is 13.8. The van der Waals surface area contributed by atoms with Crippen LogP contribution in [0.5, 0.6) is 0 Å². The van der Waals surface area contributed by atoms with E-state index in [1.807, 2.05) is 6.92 Å². The van der Waals surface area contributed by atoms with Crippen LogP contribution >= 0.6 is 23.2 Å². The number of carbonyl (C=O) groups excluding carboxylic acids is 1. The number of benzene rings is 3. The Hall–Kier alpha value is -3.01. The van der Waals surface area contributed by atoms with Crippen molar-refractivity contribution in [2.75, 3.05) is 17.5 Å². The van der Waals surface area contributed by atoms with E-state index in [1.54, 1.807) is 36.4 Å². The first-order valence-corrected chi connectivity index (χ1v) is 12.5. The molecular weight excluding hydrogens is 501 g/mol. The van der Waals surface area contributed by atoms with E-state index >= 15 is 0 Å². The van der Waals surface area contributed by atoms with Gasteiger partial charge in [0.1, 0.15) is 6.54 Å². The van der Waals surface area contributed by atoms with Gasteiger partial charge in [-0.2, -0.15) is 0 Å². The Morgan fingerprint density at radius 1 is 1.06 bits per heavy atom. The zero-order valence-electron chi connectivity index (χ0n) is 18.2. The van der Waals surface area contributed by atoms with Crippen molar-refractivity contribution in [3.63, 3.8) is 0 Å². The van der Waals surface area contributed by atoms with Crippen LogP contribution in [0.3, 0.4) is 0 Å². The molecule has 0 aliphatic carbocycles. The quantitative estimate of drug-likeness (QED) is 0.104. The number of nitrogens with two attached hydrogens (primary N) is 1. The largest absolute Gasteiger partial charge is 0.464 e. The molecule has 0 saturated carbocycles. The minimum absolute atomic E-state index is 0.0529. The molecule has 0 aliphatic heterocycles. The average molecular weight is 524 g/mol. The smallest absolute Gasteiger partial charge is 0.326 e. The van der Waals surface area contributed by atoms with Gasteiger partial charge < -0.3 is 15.7 Å². The van der Waals surface area contributed by atoms with Crippen LogP contribution in [-0.4, -0.2) is 38.6 Å². The molecule has 3 aromatic carbocycles.